The SMILES string of the molecule is CC(=O)Nc1cc(NC(=O)c2ccccc2OCCOc2ccccc2)ccc1C. The molecule has 6 heteroatoms. The van der Waals surface area contributed by atoms with Gasteiger partial charge in [-0.25, -0.2) is 0 Å². The number of carbonyl (C=O) groups is 2. The first-order chi connectivity index (χ1) is 14.5. The molecular weight excluding hydrogens is 380 g/mol. The van der Waals surface area contributed by atoms with E-state index in [1.54, 1.807) is 30.3 Å². The third-order valence-corrected chi connectivity index (χ3v) is 4.29. The fourth-order valence-corrected chi connectivity index (χ4v) is 2.83. The Labute approximate surface area is 175 Å². The standard InChI is InChI=1S/C24H24N2O4/c1-17-12-13-19(16-22(17)25-18(2)27)26-24(28)21-10-6-7-11-23(21)30-15-14-29-20-8-4-3-5-9-20/h3-13,16H,14-15H2,1-2H3,(H,25,27)(H,26,28). The zero-order valence-corrected chi connectivity index (χ0v) is 17.0. The zero-order chi connectivity index (χ0) is 21.3. The number of rotatable bonds is 8. The molecule has 0 bridgehead atoms. The maximum Gasteiger partial charge on any atom is 0.259 e. The number of benzene rings is 3. The summed E-state index contributed by atoms with van der Waals surface area (Å²) >= 11 is 0. The van der Waals surface area contributed by atoms with Gasteiger partial charge < -0.3 is 20.1 Å². The molecule has 0 saturated heterocycles. The van der Waals surface area contributed by atoms with Crippen LogP contribution in [0.25, 0.3) is 0 Å². The summed E-state index contributed by atoms with van der Waals surface area (Å²) in [5.41, 5.74) is 2.56. The topological polar surface area (TPSA) is 76.7 Å². The number of para-hydroxylation sites is 2. The van der Waals surface area contributed by atoms with Gasteiger partial charge in [0.25, 0.3) is 5.91 Å². The van der Waals surface area contributed by atoms with Gasteiger partial charge in [-0.05, 0) is 48.9 Å². The first-order valence-electron chi connectivity index (χ1n) is 9.62. The molecule has 0 unspecified atom stereocenters. The minimum Gasteiger partial charge on any atom is -0.490 e. The Morgan fingerprint density at radius 2 is 1.53 bits per heavy atom. The molecule has 0 atom stereocenters. The molecule has 0 saturated carbocycles. The Hall–Kier alpha value is -3.80. The summed E-state index contributed by atoms with van der Waals surface area (Å²) in [6.45, 7) is 3.99. The first-order valence-corrected chi connectivity index (χ1v) is 9.62. The summed E-state index contributed by atoms with van der Waals surface area (Å²) in [6, 6.07) is 21.9. The molecule has 3 aromatic carbocycles. The highest BCUT2D eigenvalue weighted by atomic mass is 16.5. The molecule has 3 aromatic rings. The Balaban J connectivity index is 1.63. The molecule has 6 nitrogen and oxygen atoms in total. The smallest absolute Gasteiger partial charge is 0.259 e. The lowest BCUT2D eigenvalue weighted by Gasteiger charge is -2.13. The largest absolute Gasteiger partial charge is 0.490 e. The van der Waals surface area contributed by atoms with Gasteiger partial charge in [-0.3, -0.25) is 9.59 Å². The van der Waals surface area contributed by atoms with Crippen LogP contribution in [0, 0.1) is 6.92 Å². The molecular formula is C24H24N2O4. The summed E-state index contributed by atoms with van der Waals surface area (Å²) < 4.78 is 11.4. The van der Waals surface area contributed by atoms with Crippen molar-refractivity contribution in [2.75, 3.05) is 23.8 Å². The monoisotopic (exact) mass is 404 g/mol. The van der Waals surface area contributed by atoms with E-state index in [0.717, 1.165) is 11.3 Å². The highest BCUT2D eigenvalue weighted by molar-refractivity contribution is 6.06. The predicted molar refractivity (Wildman–Crippen MR) is 117 cm³/mol. The second-order valence-electron chi connectivity index (χ2n) is 6.67. The van der Waals surface area contributed by atoms with E-state index in [-0.39, 0.29) is 11.8 Å². The fourth-order valence-electron chi connectivity index (χ4n) is 2.83. The Morgan fingerprint density at radius 3 is 2.30 bits per heavy atom. The lowest BCUT2D eigenvalue weighted by atomic mass is 10.1. The second kappa shape index (κ2) is 10.1. The van der Waals surface area contributed by atoms with Crippen LogP contribution in [0.4, 0.5) is 11.4 Å². The molecule has 0 aliphatic rings. The Morgan fingerprint density at radius 1 is 0.833 bits per heavy atom. The molecule has 0 aromatic heterocycles. The normalized spacial score (nSPS) is 10.2. The van der Waals surface area contributed by atoms with Crippen LogP contribution in [0.3, 0.4) is 0 Å². The van der Waals surface area contributed by atoms with E-state index in [0.29, 0.717) is 35.9 Å². The molecule has 0 aliphatic carbocycles. The summed E-state index contributed by atoms with van der Waals surface area (Å²) in [6.07, 6.45) is 0. The highest BCUT2D eigenvalue weighted by Gasteiger charge is 2.13. The molecule has 0 aliphatic heterocycles. The summed E-state index contributed by atoms with van der Waals surface area (Å²) in [5, 5.41) is 5.61. The lowest BCUT2D eigenvalue weighted by Crippen LogP contribution is -2.16. The zero-order valence-electron chi connectivity index (χ0n) is 17.0. The average molecular weight is 404 g/mol. The molecule has 2 amide bonds. The number of ether oxygens (including phenoxy) is 2. The highest BCUT2D eigenvalue weighted by Crippen LogP contribution is 2.23. The first kappa shape index (κ1) is 20.9. The molecule has 154 valence electrons. The minimum atomic E-state index is -0.299. The summed E-state index contributed by atoms with van der Waals surface area (Å²) in [4.78, 5) is 24.2. The van der Waals surface area contributed by atoms with E-state index in [2.05, 4.69) is 10.6 Å². The van der Waals surface area contributed by atoms with Crippen LogP contribution < -0.4 is 20.1 Å². The Bertz CT molecular complexity index is 1020. The van der Waals surface area contributed by atoms with Crippen molar-refractivity contribution in [3.8, 4) is 11.5 Å². The van der Waals surface area contributed by atoms with Crippen LogP contribution >= 0.6 is 0 Å². The predicted octanol–water partition coefficient (Wildman–Crippen LogP) is 4.66. The van der Waals surface area contributed by atoms with Gasteiger partial charge in [-0.2, -0.15) is 0 Å². The molecule has 0 radical (unpaired) electrons. The number of amides is 2. The fraction of sp³-hybridized carbons (Fsp3) is 0.167. The molecule has 3 rings (SSSR count). The number of hydrogen-bond acceptors (Lipinski definition) is 4. The van der Waals surface area contributed by atoms with Gasteiger partial charge in [-0.15, -0.1) is 0 Å². The van der Waals surface area contributed by atoms with Crippen LogP contribution in [0.2, 0.25) is 0 Å². The molecule has 0 fully saturated rings. The maximum atomic E-state index is 12.8. The average Bonchev–Trinajstić information content (AvgIpc) is 2.74. The molecule has 30 heavy (non-hydrogen) atoms. The van der Waals surface area contributed by atoms with Crippen LogP contribution in [0.15, 0.2) is 72.8 Å². The van der Waals surface area contributed by atoms with E-state index < -0.39 is 0 Å². The van der Waals surface area contributed by atoms with Crippen LogP contribution in [0.1, 0.15) is 22.8 Å². The van der Waals surface area contributed by atoms with Gasteiger partial charge in [0.15, 0.2) is 0 Å². The van der Waals surface area contributed by atoms with Crippen molar-refractivity contribution >= 4 is 23.2 Å². The van der Waals surface area contributed by atoms with Crippen molar-refractivity contribution in [1.82, 2.24) is 0 Å². The van der Waals surface area contributed by atoms with Gasteiger partial charge in [0, 0.05) is 18.3 Å². The molecule has 0 heterocycles. The van der Waals surface area contributed by atoms with Crippen LogP contribution in [-0.2, 0) is 4.79 Å². The number of hydrogen-bond donors (Lipinski definition) is 2. The van der Waals surface area contributed by atoms with Gasteiger partial charge in [0.2, 0.25) is 5.91 Å². The minimum absolute atomic E-state index is 0.168. The lowest BCUT2D eigenvalue weighted by molar-refractivity contribution is -0.114. The van der Waals surface area contributed by atoms with E-state index in [1.165, 1.54) is 6.92 Å². The van der Waals surface area contributed by atoms with Gasteiger partial charge >= 0.3 is 0 Å². The molecule has 2 N–H and O–H groups in total. The van der Waals surface area contributed by atoms with E-state index in [4.69, 9.17) is 9.47 Å². The van der Waals surface area contributed by atoms with Crippen molar-refractivity contribution < 1.29 is 19.1 Å². The van der Waals surface area contributed by atoms with E-state index >= 15 is 0 Å². The van der Waals surface area contributed by atoms with Crippen LogP contribution in [0.5, 0.6) is 11.5 Å². The number of nitrogens with one attached hydrogen (secondary N) is 2. The van der Waals surface area contributed by atoms with Crippen molar-refractivity contribution in [3.63, 3.8) is 0 Å². The van der Waals surface area contributed by atoms with Crippen LogP contribution in [-0.4, -0.2) is 25.0 Å². The molecule has 0 spiro atoms. The second-order valence-corrected chi connectivity index (χ2v) is 6.67. The maximum absolute atomic E-state index is 12.8. The van der Waals surface area contributed by atoms with Gasteiger partial charge in [0.1, 0.15) is 24.7 Å². The van der Waals surface area contributed by atoms with Gasteiger partial charge in [0.05, 0.1) is 5.56 Å². The van der Waals surface area contributed by atoms with E-state index in [9.17, 15) is 9.59 Å². The Kier molecular flexibility index (Phi) is 7.05. The summed E-state index contributed by atoms with van der Waals surface area (Å²) in [7, 11) is 0. The van der Waals surface area contributed by atoms with Gasteiger partial charge in [-0.1, -0.05) is 36.4 Å². The quantitative estimate of drug-likeness (QED) is 0.535. The summed E-state index contributed by atoms with van der Waals surface area (Å²) in [5.74, 6) is 0.771. The van der Waals surface area contributed by atoms with Crippen molar-refractivity contribution in [3.05, 3.63) is 83.9 Å². The van der Waals surface area contributed by atoms with Crippen molar-refractivity contribution in [2.24, 2.45) is 0 Å². The third kappa shape index (κ3) is 5.85. The van der Waals surface area contributed by atoms with Crippen molar-refractivity contribution in [1.29, 1.82) is 0 Å². The number of anilines is 2. The third-order valence-electron chi connectivity index (χ3n) is 4.29. The van der Waals surface area contributed by atoms with E-state index in [1.807, 2.05) is 49.4 Å². The van der Waals surface area contributed by atoms with Crippen molar-refractivity contribution in [2.45, 2.75) is 13.8 Å². The number of carbonyl (C=O) groups excluding carboxylic acids is 2. The number of aryl methyl sites for hydroxylation is 1.